The molecule has 1 heteroatoms. The van der Waals surface area contributed by atoms with Crippen LogP contribution in [0.3, 0.4) is 0 Å². The first-order valence-electron chi connectivity index (χ1n) is 9.42. The average molecular weight is 389 g/mol. The van der Waals surface area contributed by atoms with Crippen LogP contribution in [0.15, 0.2) is 116 Å². The Balaban J connectivity index is 0. The fraction of sp³-hybridized carbons (Fsp3) is 0.143. The molecule has 4 rings (SSSR count). The van der Waals surface area contributed by atoms with E-state index in [0.29, 0.717) is 0 Å². The number of hydrogen-bond donors (Lipinski definition) is 0. The molecule has 0 radical (unpaired) electrons. The first kappa shape index (κ1) is 28.1. The maximum absolute atomic E-state index is 3.63. The molecule has 4 aromatic rings. The van der Waals surface area contributed by atoms with Crippen LogP contribution in [0.25, 0.3) is 16.8 Å². The van der Waals surface area contributed by atoms with E-state index in [1.165, 1.54) is 21.9 Å². The van der Waals surface area contributed by atoms with Gasteiger partial charge in [-0.2, -0.15) is 0 Å². The van der Waals surface area contributed by atoms with E-state index in [1.807, 2.05) is 68.5 Å². The van der Waals surface area contributed by atoms with E-state index in [9.17, 15) is 0 Å². The molecule has 0 amide bonds. The molecule has 0 aromatic heterocycles. The molecule has 0 saturated heterocycles. The highest BCUT2D eigenvalue weighted by Crippen LogP contribution is 2.11. The lowest BCUT2D eigenvalue weighted by molar-refractivity contribution is 0.824. The second kappa shape index (κ2) is 18.2. The van der Waals surface area contributed by atoms with Gasteiger partial charge in [-0.05, 0) is 23.3 Å². The molecule has 0 fully saturated rings. The molecule has 1 nitrogen and oxygen atoms in total. The maximum atomic E-state index is 3.63. The molecule has 0 heterocycles. The van der Waals surface area contributed by atoms with Crippen molar-refractivity contribution in [3.05, 3.63) is 127 Å². The standard InChI is InChI=1S/C10H8.C8H8.C7H8.C2H6.CH4.H2O/c1-2-6-10-8-4-3-7-9(10)5-1;1-2-8-6-4-3-5-7-8;1-7-5-3-2-4-6-7;1-2;;/h1-8H;2-7H,1H2;2-6H,1H3;1-2H3;1H4;1H2. The van der Waals surface area contributed by atoms with E-state index >= 15 is 0 Å². The third-order valence-corrected chi connectivity index (χ3v) is 3.63. The average Bonchev–Trinajstić information content (AvgIpc) is 2.77. The number of benzene rings is 4. The molecule has 154 valence electrons. The summed E-state index contributed by atoms with van der Waals surface area (Å²) in [5.41, 5.74) is 2.50. The molecule has 0 atom stereocenters. The van der Waals surface area contributed by atoms with E-state index in [2.05, 4.69) is 74.2 Å². The minimum Gasteiger partial charge on any atom is -0.412 e. The van der Waals surface area contributed by atoms with Gasteiger partial charge in [-0.15, -0.1) is 0 Å². The highest BCUT2D eigenvalue weighted by Gasteiger charge is 1.85. The van der Waals surface area contributed by atoms with Crippen LogP contribution < -0.4 is 0 Å². The van der Waals surface area contributed by atoms with Gasteiger partial charge in [0.05, 0.1) is 0 Å². The van der Waals surface area contributed by atoms with Crippen molar-refractivity contribution in [1.82, 2.24) is 0 Å². The van der Waals surface area contributed by atoms with Crippen molar-refractivity contribution in [3.63, 3.8) is 0 Å². The fourth-order valence-corrected chi connectivity index (χ4v) is 2.26. The Bertz CT molecular complexity index is 802. The zero-order chi connectivity index (χ0) is 19.7. The first-order chi connectivity index (χ1) is 13.3. The molecule has 4 aromatic carbocycles. The minimum atomic E-state index is 0. The molecule has 0 bridgehead atoms. The quantitative estimate of drug-likeness (QED) is 0.316. The predicted octanol–water partition coefficient (Wildman–Crippen LogP) is 8.00. The number of aryl methyl sites for hydroxylation is 1. The van der Waals surface area contributed by atoms with Gasteiger partial charge in [-0.25, -0.2) is 0 Å². The van der Waals surface area contributed by atoms with Crippen molar-refractivity contribution in [2.24, 2.45) is 0 Å². The molecule has 0 spiro atoms. The Kier molecular flexibility index (Phi) is 17.6. The summed E-state index contributed by atoms with van der Waals surface area (Å²) in [4.78, 5) is 0. The van der Waals surface area contributed by atoms with Crippen molar-refractivity contribution in [3.8, 4) is 0 Å². The Hall–Kier alpha value is -3.16. The molecule has 29 heavy (non-hydrogen) atoms. The van der Waals surface area contributed by atoms with Gasteiger partial charge in [0.25, 0.3) is 0 Å². The Morgan fingerprint density at radius 1 is 0.552 bits per heavy atom. The molecule has 0 saturated carbocycles. The zero-order valence-electron chi connectivity index (χ0n) is 17.2. The summed E-state index contributed by atoms with van der Waals surface area (Å²) in [5.74, 6) is 0. The van der Waals surface area contributed by atoms with E-state index in [4.69, 9.17) is 0 Å². The van der Waals surface area contributed by atoms with Crippen LogP contribution in [-0.4, -0.2) is 5.48 Å². The third-order valence-electron chi connectivity index (χ3n) is 3.63. The number of rotatable bonds is 1. The lowest BCUT2D eigenvalue weighted by atomic mass is 10.1. The molecule has 0 aliphatic heterocycles. The smallest absolute Gasteiger partial charge is 0.0184 e. The van der Waals surface area contributed by atoms with Gasteiger partial charge in [0.15, 0.2) is 0 Å². The lowest BCUT2D eigenvalue weighted by Crippen LogP contribution is -1.67. The van der Waals surface area contributed by atoms with Gasteiger partial charge in [-0.3, -0.25) is 0 Å². The van der Waals surface area contributed by atoms with E-state index in [0.717, 1.165) is 0 Å². The lowest BCUT2D eigenvalue weighted by Gasteiger charge is -1.92. The maximum Gasteiger partial charge on any atom is -0.0184 e. The van der Waals surface area contributed by atoms with E-state index in [1.54, 1.807) is 0 Å². The summed E-state index contributed by atoms with van der Waals surface area (Å²) in [6.45, 7) is 9.71. The SMILES string of the molecule is C.C=Cc1ccccc1.CC.Cc1ccccc1.O.c1ccc2ccccc2c1. The summed E-state index contributed by atoms with van der Waals surface area (Å²) in [6.07, 6.45) is 1.83. The summed E-state index contributed by atoms with van der Waals surface area (Å²) in [5, 5.41) is 2.62. The first-order valence-corrected chi connectivity index (χ1v) is 9.42. The van der Waals surface area contributed by atoms with Crippen LogP contribution in [-0.2, 0) is 0 Å². The van der Waals surface area contributed by atoms with E-state index < -0.39 is 0 Å². The summed E-state index contributed by atoms with van der Waals surface area (Å²) < 4.78 is 0. The second-order valence-electron chi connectivity index (χ2n) is 5.62. The van der Waals surface area contributed by atoms with Gasteiger partial charge >= 0.3 is 0 Å². The molecular weight excluding hydrogens is 352 g/mol. The monoisotopic (exact) mass is 388 g/mol. The largest absolute Gasteiger partial charge is 0.412 e. The summed E-state index contributed by atoms with van der Waals surface area (Å²) >= 11 is 0. The van der Waals surface area contributed by atoms with Crippen molar-refractivity contribution in [2.45, 2.75) is 28.2 Å². The third kappa shape index (κ3) is 12.0. The fourth-order valence-electron chi connectivity index (χ4n) is 2.26. The van der Waals surface area contributed by atoms with Gasteiger partial charge in [0.1, 0.15) is 0 Å². The highest BCUT2D eigenvalue weighted by atomic mass is 16.0. The van der Waals surface area contributed by atoms with Crippen molar-refractivity contribution in [2.75, 3.05) is 0 Å². The van der Waals surface area contributed by atoms with Gasteiger partial charge < -0.3 is 5.48 Å². The Morgan fingerprint density at radius 3 is 1.10 bits per heavy atom. The minimum absolute atomic E-state index is 0. The van der Waals surface area contributed by atoms with Crippen LogP contribution in [0.1, 0.15) is 32.4 Å². The molecule has 0 aliphatic rings. The number of hydrogen-bond acceptors (Lipinski definition) is 0. The second-order valence-corrected chi connectivity index (χ2v) is 5.62. The molecular formula is C28H36O. The van der Waals surface area contributed by atoms with E-state index in [-0.39, 0.29) is 12.9 Å². The van der Waals surface area contributed by atoms with Crippen molar-refractivity contribution >= 4 is 16.8 Å². The van der Waals surface area contributed by atoms with Crippen LogP contribution in [0, 0.1) is 6.92 Å². The number of fused-ring (bicyclic) bond motifs is 1. The predicted molar refractivity (Wildman–Crippen MR) is 133 cm³/mol. The molecule has 0 unspecified atom stereocenters. The van der Waals surface area contributed by atoms with Gasteiger partial charge in [0, 0.05) is 0 Å². The normalized spacial score (nSPS) is 8.10. The van der Waals surface area contributed by atoms with Crippen LogP contribution in [0.2, 0.25) is 0 Å². The Morgan fingerprint density at radius 2 is 0.862 bits per heavy atom. The van der Waals surface area contributed by atoms with Crippen molar-refractivity contribution in [1.29, 1.82) is 0 Å². The molecule has 2 N–H and O–H groups in total. The Labute approximate surface area is 177 Å². The van der Waals surface area contributed by atoms with Gasteiger partial charge in [0.2, 0.25) is 0 Å². The summed E-state index contributed by atoms with van der Waals surface area (Å²) in [6, 6.07) is 37.0. The summed E-state index contributed by atoms with van der Waals surface area (Å²) in [7, 11) is 0. The zero-order valence-corrected chi connectivity index (χ0v) is 17.2. The molecule has 0 aliphatic carbocycles. The van der Waals surface area contributed by atoms with Crippen molar-refractivity contribution < 1.29 is 5.48 Å². The highest BCUT2D eigenvalue weighted by molar-refractivity contribution is 5.82. The van der Waals surface area contributed by atoms with Crippen LogP contribution >= 0.6 is 0 Å². The van der Waals surface area contributed by atoms with Crippen LogP contribution in [0.5, 0.6) is 0 Å². The van der Waals surface area contributed by atoms with Gasteiger partial charge in [-0.1, -0.05) is 149 Å². The van der Waals surface area contributed by atoms with Crippen LogP contribution in [0.4, 0.5) is 0 Å². The topological polar surface area (TPSA) is 31.5 Å².